The summed E-state index contributed by atoms with van der Waals surface area (Å²) in [5.74, 6) is -0.759. The number of carbonyl (C=O) groups excluding carboxylic acids is 1. The van der Waals surface area contributed by atoms with Crippen LogP contribution in [0.4, 0.5) is 0 Å². The second-order valence-corrected chi connectivity index (χ2v) is 4.24. The number of carbonyl (C=O) groups is 1. The Morgan fingerprint density at radius 2 is 2.22 bits per heavy atom. The molecule has 1 unspecified atom stereocenters. The zero-order valence-electron chi connectivity index (χ0n) is 9.52. The van der Waals surface area contributed by atoms with E-state index in [1.807, 2.05) is 24.3 Å². The molecule has 18 heavy (non-hydrogen) atoms. The van der Waals surface area contributed by atoms with Crippen LogP contribution in [0.3, 0.4) is 0 Å². The molecule has 96 valence electrons. The van der Waals surface area contributed by atoms with Gasteiger partial charge in [0.1, 0.15) is 11.7 Å². The Morgan fingerprint density at radius 3 is 2.94 bits per heavy atom. The summed E-state index contributed by atoms with van der Waals surface area (Å²) in [6, 6.07) is 7.46. The van der Waals surface area contributed by atoms with Crippen LogP contribution < -0.4 is 11.1 Å². The summed E-state index contributed by atoms with van der Waals surface area (Å²) in [7, 11) is 0. The molecule has 0 aliphatic heterocycles. The smallest absolute Gasteiger partial charge is 0.247 e. The lowest BCUT2D eigenvalue weighted by atomic mass is 10.2. The summed E-state index contributed by atoms with van der Waals surface area (Å²) in [6.07, 6.45) is -1.21. The molecule has 1 aromatic heterocycles. The number of rotatable bonds is 5. The number of nitrogens with one attached hydrogen (secondary N) is 1. The van der Waals surface area contributed by atoms with E-state index < -0.39 is 12.0 Å². The van der Waals surface area contributed by atoms with Crippen LogP contribution in [0.25, 0.3) is 11.0 Å². The van der Waals surface area contributed by atoms with Gasteiger partial charge >= 0.3 is 0 Å². The maximum Gasteiger partial charge on any atom is 0.247 e. The van der Waals surface area contributed by atoms with Gasteiger partial charge in [-0.25, -0.2) is 0 Å². The predicted molar refractivity (Wildman–Crippen MR) is 68.1 cm³/mol. The molecule has 0 aliphatic carbocycles. The summed E-state index contributed by atoms with van der Waals surface area (Å²) in [5, 5.41) is 13.4. The minimum Gasteiger partial charge on any atom is -0.444 e. The molecule has 0 spiro atoms. The molecular weight excluding hydrogens is 256 g/mol. The number of amides is 1. The lowest BCUT2D eigenvalue weighted by molar-refractivity contribution is -0.125. The zero-order chi connectivity index (χ0) is 13.1. The number of halogens is 1. The molecule has 4 N–H and O–H groups in total. The molecule has 0 aliphatic rings. The van der Waals surface area contributed by atoms with E-state index in [9.17, 15) is 9.90 Å². The van der Waals surface area contributed by atoms with Gasteiger partial charge in [0.05, 0.1) is 0 Å². The molecule has 0 bridgehead atoms. The molecule has 2 aromatic rings. The number of para-hydroxylation sites is 1. The lowest BCUT2D eigenvalue weighted by Gasteiger charge is -2.07. The molecule has 0 radical (unpaired) electrons. The normalized spacial score (nSPS) is 12.8. The molecule has 6 heteroatoms. The van der Waals surface area contributed by atoms with Crippen LogP contribution in [0.5, 0.6) is 0 Å². The number of primary amides is 1. The van der Waals surface area contributed by atoms with Crippen LogP contribution in [0.15, 0.2) is 28.7 Å². The van der Waals surface area contributed by atoms with E-state index in [0.29, 0.717) is 17.3 Å². The van der Waals surface area contributed by atoms with Gasteiger partial charge in [-0.1, -0.05) is 18.2 Å². The van der Waals surface area contributed by atoms with Gasteiger partial charge in [0.2, 0.25) is 5.91 Å². The fraction of sp³-hybridized carbons (Fsp3) is 0.250. The van der Waals surface area contributed by atoms with Crippen LogP contribution >= 0.6 is 11.6 Å². The van der Waals surface area contributed by atoms with Crippen molar-refractivity contribution < 1.29 is 14.3 Å². The molecule has 0 fully saturated rings. The zero-order valence-corrected chi connectivity index (χ0v) is 10.3. The number of furan rings is 1. The monoisotopic (exact) mass is 268 g/mol. The quantitative estimate of drug-likeness (QED) is 0.755. The van der Waals surface area contributed by atoms with E-state index in [0.717, 1.165) is 10.9 Å². The molecule has 2 rings (SSSR count). The van der Waals surface area contributed by atoms with E-state index >= 15 is 0 Å². The van der Waals surface area contributed by atoms with Gasteiger partial charge in [-0.05, 0) is 17.7 Å². The number of aliphatic hydroxyl groups excluding tert-OH is 1. The molecule has 0 saturated heterocycles. The van der Waals surface area contributed by atoms with Gasteiger partial charge in [-0.2, -0.15) is 0 Å². The summed E-state index contributed by atoms with van der Waals surface area (Å²) in [6.45, 7) is 0.464. The third-order valence-electron chi connectivity index (χ3n) is 2.62. The van der Waals surface area contributed by atoms with Gasteiger partial charge in [0, 0.05) is 24.0 Å². The lowest BCUT2D eigenvalue weighted by Crippen LogP contribution is -2.37. The third kappa shape index (κ3) is 2.64. The maximum absolute atomic E-state index is 10.7. The SMILES string of the molecule is NC(=O)C(O)CNCc1c(Cl)oc2ccccc12. The summed E-state index contributed by atoms with van der Waals surface area (Å²) >= 11 is 5.98. The van der Waals surface area contributed by atoms with Crippen LogP contribution in [0, 0.1) is 0 Å². The largest absolute Gasteiger partial charge is 0.444 e. The minimum absolute atomic E-state index is 0.0746. The molecule has 5 nitrogen and oxygen atoms in total. The van der Waals surface area contributed by atoms with Gasteiger partial charge in [0.15, 0.2) is 5.22 Å². The van der Waals surface area contributed by atoms with Crippen molar-refractivity contribution in [2.75, 3.05) is 6.54 Å². The number of fused-ring (bicyclic) bond motifs is 1. The average Bonchev–Trinajstić information content (AvgIpc) is 2.65. The first-order chi connectivity index (χ1) is 8.59. The Balaban J connectivity index is 2.08. The number of benzene rings is 1. The second-order valence-electron chi connectivity index (χ2n) is 3.90. The van der Waals surface area contributed by atoms with Gasteiger partial charge in [-0.3, -0.25) is 4.79 Å². The highest BCUT2D eigenvalue weighted by Gasteiger charge is 2.14. The Kier molecular flexibility index (Phi) is 3.86. The van der Waals surface area contributed by atoms with Crippen molar-refractivity contribution in [2.24, 2.45) is 5.73 Å². The van der Waals surface area contributed by atoms with E-state index in [1.165, 1.54) is 0 Å². The van der Waals surface area contributed by atoms with Gasteiger partial charge in [0.25, 0.3) is 0 Å². The van der Waals surface area contributed by atoms with Crippen molar-refractivity contribution in [3.05, 3.63) is 35.0 Å². The van der Waals surface area contributed by atoms with Crippen molar-refractivity contribution in [1.29, 1.82) is 0 Å². The van der Waals surface area contributed by atoms with Crippen molar-refractivity contribution >= 4 is 28.5 Å². The van der Waals surface area contributed by atoms with Crippen molar-refractivity contribution in [3.8, 4) is 0 Å². The topological polar surface area (TPSA) is 88.5 Å². The number of nitrogens with two attached hydrogens (primary N) is 1. The van der Waals surface area contributed by atoms with Crippen LogP contribution in [0.1, 0.15) is 5.56 Å². The fourth-order valence-corrected chi connectivity index (χ4v) is 1.92. The van der Waals surface area contributed by atoms with E-state index in [1.54, 1.807) is 0 Å². The maximum atomic E-state index is 10.7. The molecule has 1 amide bonds. The highest BCUT2D eigenvalue weighted by atomic mass is 35.5. The molecule has 1 heterocycles. The molecule has 0 saturated carbocycles. The Bertz CT molecular complexity index is 567. The van der Waals surface area contributed by atoms with E-state index in [-0.39, 0.29) is 6.54 Å². The molecular formula is C12H13ClN2O3. The van der Waals surface area contributed by atoms with Crippen molar-refractivity contribution in [1.82, 2.24) is 5.32 Å². The molecule has 1 aromatic carbocycles. The van der Waals surface area contributed by atoms with E-state index in [4.69, 9.17) is 21.8 Å². The predicted octanol–water partition coefficient (Wildman–Crippen LogP) is 1.02. The fourth-order valence-electron chi connectivity index (χ4n) is 1.67. The first-order valence-corrected chi connectivity index (χ1v) is 5.81. The van der Waals surface area contributed by atoms with E-state index in [2.05, 4.69) is 5.32 Å². The van der Waals surface area contributed by atoms with Crippen LogP contribution in [-0.4, -0.2) is 23.7 Å². The average molecular weight is 269 g/mol. The summed E-state index contributed by atoms with van der Waals surface area (Å²) in [4.78, 5) is 10.7. The summed E-state index contributed by atoms with van der Waals surface area (Å²) in [5.41, 5.74) is 6.44. The Hall–Kier alpha value is -1.56. The van der Waals surface area contributed by atoms with Gasteiger partial charge in [-0.15, -0.1) is 0 Å². The van der Waals surface area contributed by atoms with Crippen LogP contribution in [-0.2, 0) is 11.3 Å². The second kappa shape index (κ2) is 5.39. The first kappa shape index (κ1) is 12.9. The highest BCUT2D eigenvalue weighted by Crippen LogP contribution is 2.29. The number of hydrogen-bond acceptors (Lipinski definition) is 4. The van der Waals surface area contributed by atoms with Crippen molar-refractivity contribution in [3.63, 3.8) is 0 Å². The minimum atomic E-state index is -1.21. The molecule has 1 atom stereocenters. The third-order valence-corrected chi connectivity index (χ3v) is 2.92. The van der Waals surface area contributed by atoms with Gasteiger partial charge < -0.3 is 20.6 Å². The first-order valence-electron chi connectivity index (χ1n) is 5.43. The Morgan fingerprint density at radius 1 is 1.50 bits per heavy atom. The number of hydrogen-bond donors (Lipinski definition) is 3. The van der Waals surface area contributed by atoms with Crippen LogP contribution in [0.2, 0.25) is 5.22 Å². The van der Waals surface area contributed by atoms with Crippen molar-refractivity contribution in [2.45, 2.75) is 12.6 Å². The summed E-state index contributed by atoms with van der Waals surface area (Å²) < 4.78 is 5.38. The highest BCUT2D eigenvalue weighted by molar-refractivity contribution is 6.30. The standard InChI is InChI=1S/C12H13ClN2O3/c13-11-8(5-15-6-9(16)12(14)17)7-3-1-2-4-10(7)18-11/h1-4,9,15-16H,5-6H2,(H2,14,17). The Labute approximate surface area is 109 Å². The number of aliphatic hydroxyl groups is 1.